The lowest BCUT2D eigenvalue weighted by Gasteiger charge is -2.50. The molecule has 4 aliphatic rings. The molecule has 1 aliphatic carbocycles. The van der Waals surface area contributed by atoms with Gasteiger partial charge in [0.15, 0.2) is 0 Å². The van der Waals surface area contributed by atoms with Crippen LogP contribution in [-0.4, -0.2) is 60.6 Å². The van der Waals surface area contributed by atoms with Crippen LogP contribution in [0, 0.1) is 29.6 Å². The van der Waals surface area contributed by atoms with Crippen LogP contribution in [0.2, 0.25) is 0 Å². The number of carbonyl (C=O) groups is 2. The van der Waals surface area contributed by atoms with E-state index in [0.717, 1.165) is 45.1 Å². The van der Waals surface area contributed by atoms with Crippen LogP contribution in [-0.2, 0) is 14.3 Å². The highest BCUT2D eigenvalue weighted by Gasteiger charge is 2.47. The van der Waals surface area contributed by atoms with Gasteiger partial charge in [-0.25, -0.2) is 0 Å². The van der Waals surface area contributed by atoms with Crippen LogP contribution in [0.3, 0.4) is 0 Å². The summed E-state index contributed by atoms with van der Waals surface area (Å²) in [4.78, 5) is 28.3. The van der Waals surface area contributed by atoms with Gasteiger partial charge in [0.2, 0.25) is 11.8 Å². The maximum atomic E-state index is 13.4. The summed E-state index contributed by atoms with van der Waals surface area (Å²) < 4.78 is 5.78. The molecule has 2 N–H and O–H groups in total. The van der Waals surface area contributed by atoms with E-state index in [4.69, 9.17) is 4.74 Å². The van der Waals surface area contributed by atoms with E-state index in [-0.39, 0.29) is 36.0 Å². The number of amides is 2. The number of rotatable bonds is 3. The van der Waals surface area contributed by atoms with Gasteiger partial charge in [0.05, 0.1) is 18.1 Å². The minimum absolute atomic E-state index is 0.00925. The van der Waals surface area contributed by atoms with Gasteiger partial charge < -0.3 is 20.3 Å². The molecule has 3 heterocycles. The van der Waals surface area contributed by atoms with Gasteiger partial charge in [-0.1, -0.05) is 6.92 Å². The van der Waals surface area contributed by atoms with Crippen molar-refractivity contribution >= 4 is 11.8 Å². The third kappa shape index (κ3) is 4.27. The van der Waals surface area contributed by atoms with Crippen molar-refractivity contribution in [2.75, 3.05) is 13.6 Å². The second-order valence-electron chi connectivity index (χ2n) is 10.8. The number of piperidine rings is 2. The third-order valence-electron chi connectivity index (χ3n) is 8.64. The Labute approximate surface area is 181 Å². The van der Waals surface area contributed by atoms with E-state index in [1.807, 2.05) is 20.9 Å². The largest absolute Gasteiger partial charge is 0.375 e. The highest BCUT2D eigenvalue weighted by molar-refractivity contribution is 5.81. The van der Waals surface area contributed by atoms with E-state index >= 15 is 0 Å². The van der Waals surface area contributed by atoms with Gasteiger partial charge in [0, 0.05) is 37.6 Å². The van der Waals surface area contributed by atoms with Gasteiger partial charge in [0.25, 0.3) is 0 Å². The molecular formula is C24H41N3O3. The maximum Gasteiger partial charge on any atom is 0.226 e. The molecule has 170 valence electrons. The quantitative estimate of drug-likeness (QED) is 0.738. The fourth-order valence-electron chi connectivity index (χ4n) is 6.79. The summed E-state index contributed by atoms with van der Waals surface area (Å²) in [7, 11) is 2.01. The van der Waals surface area contributed by atoms with Crippen LogP contribution in [0.4, 0.5) is 0 Å². The van der Waals surface area contributed by atoms with Crippen molar-refractivity contribution in [3.63, 3.8) is 0 Å². The summed E-state index contributed by atoms with van der Waals surface area (Å²) >= 11 is 0. The molecule has 0 aromatic carbocycles. The molecule has 30 heavy (non-hydrogen) atoms. The van der Waals surface area contributed by atoms with E-state index < -0.39 is 0 Å². The van der Waals surface area contributed by atoms with Crippen LogP contribution in [0.1, 0.15) is 66.2 Å². The van der Waals surface area contributed by atoms with Crippen LogP contribution in [0.5, 0.6) is 0 Å². The molecule has 3 aliphatic heterocycles. The van der Waals surface area contributed by atoms with Crippen LogP contribution < -0.4 is 10.6 Å². The molecule has 6 nitrogen and oxygen atoms in total. The smallest absolute Gasteiger partial charge is 0.226 e. The van der Waals surface area contributed by atoms with Crippen molar-refractivity contribution in [2.45, 2.75) is 96.6 Å². The number of likely N-dealkylation sites (tertiary alicyclic amines) is 1. The zero-order valence-electron chi connectivity index (χ0n) is 19.4. The highest BCUT2D eigenvalue weighted by atomic mass is 16.5. The Morgan fingerprint density at radius 1 is 1.10 bits per heavy atom. The molecule has 0 spiro atoms. The fraction of sp³-hybridized carbons (Fsp3) is 0.917. The molecule has 2 amide bonds. The first-order valence-electron chi connectivity index (χ1n) is 12.2. The number of carbonyl (C=O) groups excluding carboxylic acids is 2. The van der Waals surface area contributed by atoms with Crippen LogP contribution in [0.15, 0.2) is 0 Å². The van der Waals surface area contributed by atoms with Gasteiger partial charge in [-0.05, 0) is 77.0 Å². The molecular weight excluding hydrogens is 378 g/mol. The van der Waals surface area contributed by atoms with Crippen LogP contribution in [0.25, 0.3) is 0 Å². The predicted molar refractivity (Wildman–Crippen MR) is 117 cm³/mol. The number of fused-ring (bicyclic) bond motifs is 1. The van der Waals surface area contributed by atoms with E-state index in [1.54, 1.807) is 0 Å². The zero-order chi connectivity index (χ0) is 21.6. The van der Waals surface area contributed by atoms with Crippen molar-refractivity contribution in [3.05, 3.63) is 0 Å². The van der Waals surface area contributed by atoms with Gasteiger partial charge in [0.1, 0.15) is 0 Å². The number of nitrogens with zero attached hydrogens (tertiary/aromatic N) is 1. The second-order valence-corrected chi connectivity index (χ2v) is 10.8. The SMILES string of the molecule is CC1CC2C(CN1)CC(C1CC(NC(=O)C3CC(C)OC3C)CCC1C)C(=O)N2C. The lowest BCUT2D eigenvalue weighted by molar-refractivity contribution is -0.148. The number of nitrogens with one attached hydrogen (secondary N) is 2. The fourth-order valence-corrected chi connectivity index (χ4v) is 6.79. The summed E-state index contributed by atoms with van der Waals surface area (Å²) in [5.74, 6) is 1.96. The van der Waals surface area contributed by atoms with Crippen molar-refractivity contribution in [1.29, 1.82) is 0 Å². The minimum atomic E-state index is -0.0451. The van der Waals surface area contributed by atoms with E-state index in [0.29, 0.717) is 35.7 Å². The molecule has 3 saturated heterocycles. The van der Waals surface area contributed by atoms with Gasteiger partial charge >= 0.3 is 0 Å². The molecule has 0 bridgehead atoms. The minimum Gasteiger partial charge on any atom is -0.375 e. The van der Waals surface area contributed by atoms with Gasteiger partial charge in [-0.3, -0.25) is 9.59 Å². The summed E-state index contributed by atoms with van der Waals surface area (Å²) in [6, 6.07) is 1.04. The summed E-state index contributed by atoms with van der Waals surface area (Å²) in [5, 5.41) is 6.95. The topological polar surface area (TPSA) is 70.7 Å². The Hall–Kier alpha value is -1.14. The molecule has 4 rings (SSSR count). The van der Waals surface area contributed by atoms with Gasteiger partial charge in [-0.15, -0.1) is 0 Å². The number of hydrogen-bond acceptors (Lipinski definition) is 4. The average molecular weight is 420 g/mol. The van der Waals surface area contributed by atoms with E-state index in [9.17, 15) is 9.59 Å². The summed E-state index contributed by atoms with van der Waals surface area (Å²) in [6.07, 6.45) is 6.03. The second kappa shape index (κ2) is 8.78. The first-order chi connectivity index (χ1) is 14.2. The third-order valence-corrected chi connectivity index (χ3v) is 8.64. The molecule has 4 fully saturated rings. The Morgan fingerprint density at radius 2 is 1.87 bits per heavy atom. The molecule has 1 saturated carbocycles. The van der Waals surface area contributed by atoms with Crippen molar-refractivity contribution < 1.29 is 14.3 Å². The maximum absolute atomic E-state index is 13.4. The zero-order valence-corrected chi connectivity index (χ0v) is 19.4. The van der Waals surface area contributed by atoms with E-state index in [1.165, 1.54) is 0 Å². The first kappa shape index (κ1) is 22.1. The molecule has 0 aromatic heterocycles. The first-order valence-corrected chi connectivity index (χ1v) is 12.2. The highest BCUT2D eigenvalue weighted by Crippen LogP contribution is 2.43. The van der Waals surface area contributed by atoms with Crippen molar-refractivity contribution in [3.8, 4) is 0 Å². The Kier molecular flexibility index (Phi) is 6.45. The van der Waals surface area contributed by atoms with E-state index in [2.05, 4.69) is 29.4 Å². The van der Waals surface area contributed by atoms with Crippen LogP contribution >= 0.6 is 0 Å². The Bertz CT molecular complexity index is 656. The average Bonchev–Trinajstić information content (AvgIpc) is 3.05. The molecule has 10 atom stereocenters. The molecule has 0 radical (unpaired) electrons. The standard InChI is InChI=1S/C24H41N3O3/c1-13-6-7-18(26-23(28)20-9-15(3)30-16(20)4)11-19(13)21-10-17-12-25-14(2)8-22(17)27(5)24(21)29/h13-22,25H,6-12H2,1-5H3,(H,26,28). The Balaban J connectivity index is 1.41. The molecule has 0 aromatic rings. The lowest BCUT2D eigenvalue weighted by atomic mass is 9.65. The van der Waals surface area contributed by atoms with Crippen molar-refractivity contribution in [2.24, 2.45) is 29.6 Å². The Morgan fingerprint density at radius 3 is 2.57 bits per heavy atom. The van der Waals surface area contributed by atoms with Crippen molar-refractivity contribution in [1.82, 2.24) is 15.5 Å². The lowest BCUT2D eigenvalue weighted by Crippen LogP contribution is -2.60. The number of hydrogen-bond donors (Lipinski definition) is 2. The molecule has 10 unspecified atom stereocenters. The summed E-state index contributed by atoms with van der Waals surface area (Å²) in [5.41, 5.74) is 0. The summed E-state index contributed by atoms with van der Waals surface area (Å²) in [6.45, 7) is 9.58. The monoisotopic (exact) mass is 419 g/mol. The normalized spacial score (nSPS) is 47.1. The molecule has 6 heteroatoms. The number of ether oxygens (including phenoxy) is 1. The van der Waals surface area contributed by atoms with Gasteiger partial charge in [-0.2, -0.15) is 0 Å². The predicted octanol–water partition coefficient (Wildman–Crippen LogP) is 2.57.